The summed E-state index contributed by atoms with van der Waals surface area (Å²) in [6.45, 7) is 6.08. The molecule has 2 aromatic heterocycles. The standard InChI is InChI=1S/C26H29FN2O2S/c1-16-10-22-23(28-16)4-3-5-24(22)31-15-21(30)14-29-9-8-18(11-17(29)2)26-13-19-12-20(27)6-7-25(19)32-26/h3-7,10,12-13,17-18,21,28,30H,8-9,11,14-15H2,1-2H3/t17-,18+,21-/m0/s1. The van der Waals surface area contributed by atoms with E-state index in [1.165, 1.54) is 10.9 Å². The highest BCUT2D eigenvalue weighted by molar-refractivity contribution is 7.19. The Balaban J connectivity index is 1.17. The van der Waals surface area contributed by atoms with Gasteiger partial charge in [0.05, 0.1) is 0 Å². The molecule has 0 saturated carbocycles. The third kappa shape index (κ3) is 4.40. The number of hydrogen-bond donors (Lipinski definition) is 2. The number of halogens is 1. The highest BCUT2D eigenvalue weighted by atomic mass is 32.1. The first kappa shape index (κ1) is 21.4. The van der Waals surface area contributed by atoms with Gasteiger partial charge in [-0.25, -0.2) is 4.39 Å². The lowest BCUT2D eigenvalue weighted by Gasteiger charge is -2.38. The van der Waals surface area contributed by atoms with Gasteiger partial charge in [-0.15, -0.1) is 11.3 Å². The molecule has 6 heteroatoms. The van der Waals surface area contributed by atoms with Crippen LogP contribution in [0.15, 0.2) is 48.5 Å². The summed E-state index contributed by atoms with van der Waals surface area (Å²) in [6, 6.07) is 15.6. The van der Waals surface area contributed by atoms with E-state index in [9.17, 15) is 9.50 Å². The third-order valence-electron chi connectivity index (χ3n) is 6.55. The number of hydrogen-bond acceptors (Lipinski definition) is 4. The predicted molar refractivity (Wildman–Crippen MR) is 129 cm³/mol. The molecule has 1 saturated heterocycles. The first-order chi connectivity index (χ1) is 15.5. The third-order valence-corrected chi connectivity index (χ3v) is 7.83. The number of nitrogens with zero attached hydrogens (tertiary/aromatic N) is 1. The van der Waals surface area contributed by atoms with E-state index < -0.39 is 6.10 Å². The Morgan fingerprint density at radius 1 is 1.25 bits per heavy atom. The second kappa shape index (κ2) is 8.85. The number of aliphatic hydroxyl groups excluding tert-OH is 1. The molecule has 2 aromatic carbocycles. The molecular formula is C26H29FN2O2S. The molecule has 168 valence electrons. The number of thiophene rings is 1. The van der Waals surface area contributed by atoms with Gasteiger partial charge in [0.2, 0.25) is 0 Å². The van der Waals surface area contributed by atoms with Crippen molar-refractivity contribution in [2.24, 2.45) is 0 Å². The number of rotatable bonds is 6. The van der Waals surface area contributed by atoms with Gasteiger partial charge in [-0.1, -0.05) is 6.07 Å². The molecule has 3 atom stereocenters. The molecule has 1 fully saturated rings. The molecule has 1 aliphatic heterocycles. The van der Waals surface area contributed by atoms with Crippen molar-refractivity contribution in [3.8, 4) is 5.75 Å². The number of aromatic amines is 1. The maximum Gasteiger partial charge on any atom is 0.128 e. The van der Waals surface area contributed by atoms with E-state index in [0.29, 0.717) is 18.5 Å². The molecule has 0 aliphatic carbocycles. The maximum absolute atomic E-state index is 13.5. The van der Waals surface area contributed by atoms with Crippen molar-refractivity contribution in [2.45, 2.75) is 44.8 Å². The Kier molecular flexibility index (Phi) is 5.93. The fourth-order valence-corrected chi connectivity index (χ4v) is 6.08. The van der Waals surface area contributed by atoms with Gasteiger partial charge in [-0.05, 0) is 87.0 Å². The molecule has 0 radical (unpaired) electrons. The van der Waals surface area contributed by atoms with Crippen LogP contribution in [0.1, 0.15) is 36.3 Å². The zero-order valence-electron chi connectivity index (χ0n) is 18.5. The molecule has 32 heavy (non-hydrogen) atoms. The van der Waals surface area contributed by atoms with Gasteiger partial charge >= 0.3 is 0 Å². The molecular weight excluding hydrogens is 423 g/mol. The van der Waals surface area contributed by atoms with Crippen LogP contribution in [0.3, 0.4) is 0 Å². The number of benzene rings is 2. The van der Waals surface area contributed by atoms with E-state index in [1.807, 2.05) is 31.2 Å². The number of aromatic nitrogens is 1. The number of H-pyrrole nitrogens is 1. The highest BCUT2D eigenvalue weighted by Gasteiger charge is 2.29. The molecule has 4 aromatic rings. The van der Waals surface area contributed by atoms with Crippen LogP contribution in [0.5, 0.6) is 5.75 Å². The van der Waals surface area contributed by atoms with Crippen LogP contribution in [0.2, 0.25) is 0 Å². The number of fused-ring (bicyclic) bond motifs is 2. The van der Waals surface area contributed by atoms with E-state index in [4.69, 9.17) is 4.74 Å². The minimum absolute atomic E-state index is 0.177. The van der Waals surface area contributed by atoms with Gasteiger partial charge in [-0.2, -0.15) is 0 Å². The average molecular weight is 453 g/mol. The number of β-amino-alcohol motifs (C(OH)–C–C–N with tert-alkyl or cyclic N) is 1. The van der Waals surface area contributed by atoms with E-state index in [1.54, 1.807) is 17.4 Å². The van der Waals surface area contributed by atoms with Gasteiger partial charge in [0.25, 0.3) is 0 Å². The second-order valence-electron chi connectivity index (χ2n) is 9.03. The SMILES string of the molecule is Cc1cc2c(OC[C@@H](O)CN3CC[C@@H](c4cc5cc(F)ccc5s4)C[C@@H]3C)cccc2[nH]1. The zero-order valence-corrected chi connectivity index (χ0v) is 19.3. The van der Waals surface area contributed by atoms with Gasteiger partial charge < -0.3 is 14.8 Å². The summed E-state index contributed by atoms with van der Waals surface area (Å²) >= 11 is 1.78. The highest BCUT2D eigenvalue weighted by Crippen LogP contribution is 2.38. The smallest absolute Gasteiger partial charge is 0.128 e. The van der Waals surface area contributed by atoms with E-state index in [0.717, 1.165) is 51.8 Å². The Bertz CT molecular complexity index is 1230. The van der Waals surface area contributed by atoms with Crippen molar-refractivity contribution in [1.82, 2.24) is 9.88 Å². The minimum atomic E-state index is -0.545. The molecule has 5 rings (SSSR count). The van der Waals surface area contributed by atoms with Crippen LogP contribution in [-0.4, -0.2) is 46.8 Å². The van der Waals surface area contributed by atoms with Crippen molar-refractivity contribution in [2.75, 3.05) is 19.7 Å². The first-order valence-electron chi connectivity index (χ1n) is 11.3. The van der Waals surface area contributed by atoms with Crippen LogP contribution >= 0.6 is 11.3 Å². The predicted octanol–water partition coefficient (Wildman–Crippen LogP) is 5.84. The summed E-state index contributed by atoms with van der Waals surface area (Å²) in [5.74, 6) is 1.12. The van der Waals surface area contributed by atoms with Gasteiger partial charge in [0.15, 0.2) is 0 Å². The van der Waals surface area contributed by atoms with Crippen LogP contribution in [-0.2, 0) is 0 Å². The largest absolute Gasteiger partial charge is 0.490 e. The normalized spacial score (nSPS) is 20.8. The summed E-state index contributed by atoms with van der Waals surface area (Å²) in [4.78, 5) is 7.02. The van der Waals surface area contributed by atoms with Gasteiger partial charge in [0.1, 0.15) is 24.3 Å². The van der Waals surface area contributed by atoms with Crippen LogP contribution in [0, 0.1) is 12.7 Å². The quantitative estimate of drug-likeness (QED) is 0.386. The number of piperidine rings is 1. The summed E-state index contributed by atoms with van der Waals surface area (Å²) in [5, 5.41) is 12.7. The Morgan fingerprint density at radius 3 is 2.97 bits per heavy atom. The molecule has 4 nitrogen and oxygen atoms in total. The molecule has 0 bridgehead atoms. The monoisotopic (exact) mass is 452 g/mol. The average Bonchev–Trinajstić information content (AvgIpc) is 3.36. The number of aliphatic hydroxyl groups is 1. The Labute approximate surface area is 191 Å². The maximum atomic E-state index is 13.5. The first-order valence-corrected chi connectivity index (χ1v) is 12.1. The van der Waals surface area contributed by atoms with Gasteiger partial charge in [-0.3, -0.25) is 4.90 Å². The van der Waals surface area contributed by atoms with Crippen molar-refractivity contribution >= 4 is 32.3 Å². The summed E-state index contributed by atoms with van der Waals surface area (Å²) in [5.41, 5.74) is 2.14. The summed E-state index contributed by atoms with van der Waals surface area (Å²) < 4.78 is 20.7. The van der Waals surface area contributed by atoms with Crippen molar-refractivity contribution in [3.63, 3.8) is 0 Å². The Hall–Kier alpha value is -2.41. The molecule has 3 heterocycles. The van der Waals surface area contributed by atoms with Gasteiger partial charge in [0, 0.05) is 38.8 Å². The fraction of sp³-hybridized carbons (Fsp3) is 0.385. The van der Waals surface area contributed by atoms with Crippen molar-refractivity contribution in [3.05, 3.63) is 64.9 Å². The summed E-state index contributed by atoms with van der Waals surface area (Å²) in [7, 11) is 0. The summed E-state index contributed by atoms with van der Waals surface area (Å²) in [6.07, 6.45) is 1.55. The number of likely N-dealkylation sites (tertiary alicyclic amines) is 1. The minimum Gasteiger partial charge on any atom is -0.490 e. The zero-order chi connectivity index (χ0) is 22.2. The second-order valence-corrected chi connectivity index (χ2v) is 10.1. The van der Waals surface area contributed by atoms with Crippen LogP contribution < -0.4 is 4.74 Å². The molecule has 1 aliphatic rings. The fourth-order valence-electron chi connectivity index (χ4n) is 4.89. The number of nitrogens with one attached hydrogen (secondary N) is 1. The molecule has 0 unspecified atom stereocenters. The van der Waals surface area contributed by atoms with E-state index in [-0.39, 0.29) is 12.4 Å². The number of aryl methyl sites for hydroxylation is 1. The molecule has 0 amide bonds. The topological polar surface area (TPSA) is 48.5 Å². The van der Waals surface area contributed by atoms with Crippen molar-refractivity contribution < 1.29 is 14.2 Å². The van der Waals surface area contributed by atoms with E-state index >= 15 is 0 Å². The number of ether oxygens (including phenoxy) is 1. The lowest BCUT2D eigenvalue weighted by atomic mass is 9.90. The van der Waals surface area contributed by atoms with Crippen molar-refractivity contribution in [1.29, 1.82) is 0 Å². The Morgan fingerprint density at radius 2 is 2.12 bits per heavy atom. The van der Waals surface area contributed by atoms with E-state index in [2.05, 4.69) is 28.9 Å². The molecule has 2 N–H and O–H groups in total. The van der Waals surface area contributed by atoms with Crippen LogP contribution in [0.4, 0.5) is 4.39 Å². The molecule has 0 spiro atoms. The lowest BCUT2D eigenvalue weighted by molar-refractivity contribution is 0.0408. The van der Waals surface area contributed by atoms with Crippen LogP contribution in [0.25, 0.3) is 21.0 Å². The lowest BCUT2D eigenvalue weighted by Crippen LogP contribution is -2.45.